The number of anilines is 1. The van der Waals surface area contributed by atoms with Crippen molar-refractivity contribution in [3.63, 3.8) is 0 Å². The van der Waals surface area contributed by atoms with Crippen molar-refractivity contribution in [2.75, 3.05) is 16.8 Å². The molecule has 0 bridgehead atoms. The quantitative estimate of drug-likeness (QED) is 0.673. The molecule has 8 heteroatoms. The molecule has 7 nitrogen and oxygen atoms in total. The lowest BCUT2D eigenvalue weighted by atomic mass is 10.1. The van der Waals surface area contributed by atoms with Gasteiger partial charge < -0.3 is 20.8 Å². The van der Waals surface area contributed by atoms with Gasteiger partial charge in [0, 0.05) is 17.5 Å². The first-order valence-electron chi connectivity index (χ1n) is 6.22. The van der Waals surface area contributed by atoms with Gasteiger partial charge in [-0.05, 0) is 30.4 Å². The third-order valence-electron chi connectivity index (χ3n) is 2.95. The molecule has 1 aromatic carbocycles. The highest BCUT2D eigenvalue weighted by atomic mass is 32.2. The number of aromatic carboxylic acids is 2. The van der Waals surface area contributed by atoms with Gasteiger partial charge in [0.05, 0.1) is 11.1 Å². The number of amides is 2. The van der Waals surface area contributed by atoms with Crippen LogP contribution in [0.15, 0.2) is 18.2 Å². The number of urea groups is 1. The van der Waals surface area contributed by atoms with Crippen LogP contribution in [0.4, 0.5) is 10.5 Å². The molecule has 1 heterocycles. The molecule has 0 aliphatic carbocycles. The van der Waals surface area contributed by atoms with Crippen molar-refractivity contribution in [2.24, 2.45) is 0 Å². The number of nitrogens with one attached hydrogen (secondary N) is 2. The van der Waals surface area contributed by atoms with E-state index in [1.54, 1.807) is 11.8 Å². The molecule has 1 aromatic rings. The van der Waals surface area contributed by atoms with E-state index in [2.05, 4.69) is 10.6 Å². The maximum absolute atomic E-state index is 11.8. The summed E-state index contributed by atoms with van der Waals surface area (Å²) in [6.45, 7) is 0. The maximum atomic E-state index is 11.8. The standard InChI is InChI=1S/C13H14N2O5S/c16-11(17)7-3-8(12(18)19)5-10(4-7)15-13(20)14-9-1-2-21-6-9/h3-5,9H,1-2,6H2,(H,16,17)(H,18,19)(H2,14,15,20). The Morgan fingerprint density at radius 1 is 1.10 bits per heavy atom. The van der Waals surface area contributed by atoms with Gasteiger partial charge in [-0.2, -0.15) is 11.8 Å². The van der Waals surface area contributed by atoms with Crippen LogP contribution < -0.4 is 10.6 Å². The summed E-state index contributed by atoms with van der Waals surface area (Å²) in [7, 11) is 0. The van der Waals surface area contributed by atoms with Crippen molar-refractivity contribution in [3.05, 3.63) is 29.3 Å². The number of carbonyl (C=O) groups excluding carboxylic acids is 1. The van der Waals surface area contributed by atoms with Crippen LogP contribution in [-0.2, 0) is 0 Å². The summed E-state index contributed by atoms with van der Waals surface area (Å²) >= 11 is 1.75. The summed E-state index contributed by atoms with van der Waals surface area (Å²) in [5.41, 5.74) is -0.251. The Morgan fingerprint density at radius 3 is 2.19 bits per heavy atom. The van der Waals surface area contributed by atoms with Gasteiger partial charge in [-0.1, -0.05) is 0 Å². The van der Waals surface area contributed by atoms with Gasteiger partial charge in [-0.25, -0.2) is 14.4 Å². The lowest BCUT2D eigenvalue weighted by Crippen LogP contribution is -2.37. The average Bonchev–Trinajstić information content (AvgIpc) is 2.90. The maximum Gasteiger partial charge on any atom is 0.335 e. The molecule has 0 radical (unpaired) electrons. The number of carbonyl (C=O) groups is 3. The summed E-state index contributed by atoms with van der Waals surface area (Å²) in [5, 5.41) is 23.1. The Balaban J connectivity index is 2.12. The summed E-state index contributed by atoms with van der Waals surface area (Å²) in [6, 6.07) is 3.09. The van der Waals surface area contributed by atoms with Crippen LogP contribution in [0, 0.1) is 0 Å². The molecule has 112 valence electrons. The summed E-state index contributed by atoms with van der Waals surface area (Å²) < 4.78 is 0. The second kappa shape index (κ2) is 6.49. The molecule has 0 saturated carbocycles. The van der Waals surface area contributed by atoms with Crippen LogP contribution in [0.5, 0.6) is 0 Å². The normalized spacial score (nSPS) is 17.2. The molecular weight excluding hydrogens is 296 g/mol. The van der Waals surface area contributed by atoms with Crippen LogP contribution in [0.1, 0.15) is 27.1 Å². The van der Waals surface area contributed by atoms with Crippen molar-refractivity contribution in [1.29, 1.82) is 0 Å². The van der Waals surface area contributed by atoms with E-state index < -0.39 is 18.0 Å². The van der Waals surface area contributed by atoms with Crippen LogP contribution in [0.2, 0.25) is 0 Å². The minimum atomic E-state index is -1.26. The smallest absolute Gasteiger partial charge is 0.335 e. The van der Waals surface area contributed by atoms with Crippen molar-refractivity contribution in [3.8, 4) is 0 Å². The van der Waals surface area contributed by atoms with Crippen molar-refractivity contribution >= 4 is 35.4 Å². The van der Waals surface area contributed by atoms with Crippen LogP contribution in [0.25, 0.3) is 0 Å². The molecule has 2 rings (SSSR count). The minimum Gasteiger partial charge on any atom is -0.478 e. The number of hydrogen-bond donors (Lipinski definition) is 4. The molecule has 1 atom stereocenters. The zero-order valence-corrected chi connectivity index (χ0v) is 11.8. The molecule has 1 unspecified atom stereocenters. The fraction of sp³-hybridized carbons (Fsp3) is 0.308. The molecular formula is C13H14N2O5S. The van der Waals surface area contributed by atoms with Gasteiger partial charge >= 0.3 is 18.0 Å². The monoisotopic (exact) mass is 310 g/mol. The van der Waals surface area contributed by atoms with E-state index in [-0.39, 0.29) is 22.9 Å². The van der Waals surface area contributed by atoms with Gasteiger partial charge in [0.2, 0.25) is 0 Å². The lowest BCUT2D eigenvalue weighted by molar-refractivity contribution is 0.0696. The Kier molecular flexibility index (Phi) is 4.69. The minimum absolute atomic E-state index is 0.0802. The molecule has 1 fully saturated rings. The second-order valence-electron chi connectivity index (χ2n) is 4.57. The number of thioether (sulfide) groups is 1. The third-order valence-corrected chi connectivity index (χ3v) is 4.11. The molecule has 0 spiro atoms. The number of hydrogen-bond acceptors (Lipinski definition) is 4. The van der Waals surface area contributed by atoms with Gasteiger partial charge in [-0.3, -0.25) is 0 Å². The predicted molar refractivity (Wildman–Crippen MR) is 78.2 cm³/mol. The number of rotatable bonds is 4. The van der Waals surface area contributed by atoms with E-state index in [9.17, 15) is 14.4 Å². The molecule has 21 heavy (non-hydrogen) atoms. The summed E-state index contributed by atoms with van der Waals surface area (Å²) in [4.78, 5) is 33.7. The Labute approximate surface area is 124 Å². The van der Waals surface area contributed by atoms with E-state index in [1.807, 2.05) is 0 Å². The predicted octanol–water partition coefficient (Wildman–Crippen LogP) is 1.71. The fourth-order valence-corrected chi connectivity index (χ4v) is 3.10. The fourth-order valence-electron chi connectivity index (χ4n) is 1.95. The first kappa shape index (κ1) is 15.2. The third kappa shape index (κ3) is 4.12. The highest BCUT2D eigenvalue weighted by Gasteiger charge is 2.18. The van der Waals surface area contributed by atoms with Gasteiger partial charge in [0.25, 0.3) is 0 Å². The number of carboxylic acid groups (broad SMARTS) is 2. The Hall–Kier alpha value is -2.22. The number of carboxylic acids is 2. The molecule has 2 amide bonds. The molecule has 0 aromatic heterocycles. The van der Waals surface area contributed by atoms with Crippen molar-refractivity contribution in [2.45, 2.75) is 12.5 Å². The average molecular weight is 310 g/mol. The molecule has 1 aliphatic rings. The summed E-state index contributed by atoms with van der Waals surface area (Å²) in [5.74, 6) is -0.687. The SMILES string of the molecule is O=C(Nc1cc(C(=O)O)cc(C(=O)O)c1)NC1CCSC1. The van der Waals surface area contributed by atoms with E-state index in [0.717, 1.165) is 24.0 Å². The Morgan fingerprint density at radius 2 is 1.71 bits per heavy atom. The number of benzene rings is 1. The van der Waals surface area contributed by atoms with Crippen molar-refractivity contribution in [1.82, 2.24) is 5.32 Å². The van der Waals surface area contributed by atoms with Crippen molar-refractivity contribution < 1.29 is 24.6 Å². The first-order chi connectivity index (χ1) is 9.95. The summed E-state index contributed by atoms with van der Waals surface area (Å²) in [6.07, 6.45) is 0.883. The van der Waals surface area contributed by atoms with Gasteiger partial charge in [-0.15, -0.1) is 0 Å². The highest BCUT2D eigenvalue weighted by molar-refractivity contribution is 7.99. The molecule has 4 N–H and O–H groups in total. The van der Waals surface area contributed by atoms with Gasteiger partial charge in [0.1, 0.15) is 0 Å². The molecule has 1 saturated heterocycles. The van der Waals surface area contributed by atoms with Gasteiger partial charge in [0.15, 0.2) is 0 Å². The first-order valence-corrected chi connectivity index (χ1v) is 7.38. The van der Waals surface area contributed by atoms with E-state index in [0.29, 0.717) is 0 Å². The van der Waals surface area contributed by atoms with Crippen LogP contribution in [-0.4, -0.2) is 45.7 Å². The van der Waals surface area contributed by atoms with E-state index in [4.69, 9.17) is 10.2 Å². The zero-order valence-electron chi connectivity index (χ0n) is 11.0. The Bertz CT molecular complexity index is 552. The zero-order chi connectivity index (χ0) is 15.4. The second-order valence-corrected chi connectivity index (χ2v) is 5.72. The largest absolute Gasteiger partial charge is 0.478 e. The topological polar surface area (TPSA) is 116 Å². The van der Waals surface area contributed by atoms with E-state index >= 15 is 0 Å². The lowest BCUT2D eigenvalue weighted by Gasteiger charge is -2.13. The van der Waals surface area contributed by atoms with E-state index in [1.165, 1.54) is 12.1 Å². The van der Waals surface area contributed by atoms with Crippen LogP contribution in [0.3, 0.4) is 0 Å². The van der Waals surface area contributed by atoms with Crippen LogP contribution >= 0.6 is 11.8 Å². The molecule has 1 aliphatic heterocycles. The highest BCUT2D eigenvalue weighted by Crippen LogP contribution is 2.18.